The number of hydrogen-bond donors (Lipinski definition) is 1. The van der Waals surface area contributed by atoms with E-state index in [4.69, 9.17) is 4.74 Å². The maximum Gasteiger partial charge on any atom is 0.165 e. The fraction of sp³-hybridized carbons (Fsp3) is 0.529. The Morgan fingerprint density at radius 3 is 3.10 bits per heavy atom. The molecule has 1 fully saturated rings. The summed E-state index contributed by atoms with van der Waals surface area (Å²) in [7, 11) is 2.25. The Morgan fingerprint density at radius 1 is 1.38 bits per heavy atom. The summed E-state index contributed by atoms with van der Waals surface area (Å²) < 4.78 is 6.22. The summed E-state index contributed by atoms with van der Waals surface area (Å²) in [5, 5.41) is 10.2. The molecule has 2 aliphatic carbocycles. The SMILES string of the molecule is CN1CCC23c4c5ccc(O)c4OC2CC=CC3C1C5.Cl. The van der Waals surface area contributed by atoms with Gasteiger partial charge in [-0.2, -0.15) is 0 Å². The number of rotatable bonds is 0. The second-order valence-electron chi connectivity index (χ2n) is 6.79. The van der Waals surface area contributed by atoms with Crippen LogP contribution >= 0.6 is 12.4 Å². The zero-order chi connectivity index (χ0) is 13.5. The zero-order valence-corrected chi connectivity index (χ0v) is 12.9. The first kappa shape index (κ1) is 13.5. The molecule has 4 atom stereocenters. The number of likely N-dealkylation sites (tertiary alicyclic amines) is 1. The number of halogens is 1. The molecule has 2 bridgehead atoms. The molecule has 1 saturated heterocycles. The number of piperidine rings is 1. The van der Waals surface area contributed by atoms with Crippen LogP contribution in [0.5, 0.6) is 11.5 Å². The van der Waals surface area contributed by atoms with E-state index in [1.54, 1.807) is 0 Å². The molecule has 2 heterocycles. The molecular weight excluding hydrogens is 286 g/mol. The summed E-state index contributed by atoms with van der Waals surface area (Å²) in [6.45, 7) is 1.13. The van der Waals surface area contributed by atoms with E-state index >= 15 is 0 Å². The van der Waals surface area contributed by atoms with Crippen molar-refractivity contribution in [3.8, 4) is 11.5 Å². The summed E-state index contributed by atoms with van der Waals surface area (Å²) in [6.07, 6.45) is 8.11. The Labute approximate surface area is 131 Å². The molecule has 4 unspecified atom stereocenters. The van der Waals surface area contributed by atoms with Gasteiger partial charge < -0.3 is 14.7 Å². The standard InChI is InChI=1S/C17H19NO2.ClH/c1-18-8-7-17-11-3-2-4-14(17)20-16-13(19)6-5-10(15(16)17)9-12(11)18;/h2-3,5-6,11-12,14,19H,4,7-9H2,1H3;1H. The van der Waals surface area contributed by atoms with Gasteiger partial charge >= 0.3 is 0 Å². The molecule has 0 amide bonds. The molecule has 1 aromatic rings. The quantitative estimate of drug-likeness (QED) is 0.748. The summed E-state index contributed by atoms with van der Waals surface area (Å²) >= 11 is 0. The van der Waals surface area contributed by atoms with Gasteiger partial charge in [0.05, 0.1) is 0 Å². The third-order valence-electron chi connectivity index (χ3n) is 6.10. The summed E-state index contributed by atoms with van der Waals surface area (Å²) in [5.41, 5.74) is 2.85. The third kappa shape index (κ3) is 1.39. The van der Waals surface area contributed by atoms with Gasteiger partial charge in [0.25, 0.3) is 0 Å². The van der Waals surface area contributed by atoms with E-state index in [9.17, 15) is 5.11 Å². The Balaban J connectivity index is 0.00000115. The van der Waals surface area contributed by atoms with Crippen molar-refractivity contribution in [2.75, 3.05) is 13.6 Å². The largest absolute Gasteiger partial charge is 0.504 e. The molecule has 0 saturated carbocycles. The average Bonchev–Trinajstić information content (AvgIpc) is 2.79. The molecule has 4 aliphatic rings. The van der Waals surface area contributed by atoms with E-state index in [0.717, 1.165) is 31.6 Å². The maximum absolute atomic E-state index is 10.2. The fourth-order valence-electron chi connectivity index (χ4n) is 5.21. The van der Waals surface area contributed by atoms with E-state index in [1.807, 2.05) is 6.07 Å². The predicted octanol–water partition coefficient (Wildman–Crippen LogP) is 2.65. The second-order valence-corrected chi connectivity index (χ2v) is 6.79. The van der Waals surface area contributed by atoms with Crippen molar-refractivity contribution in [1.82, 2.24) is 4.90 Å². The van der Waals surface area contributed by atoms with Crippen LogP contribution in [0.1, 0.15) is 24.0 Å². The van der Waals surface area contributed by atoms with Gasteiger partial charge in [-0.3, -0.25) is 0 Å². The summed E-state index contributed by atoms with van der Waals surface area (Å²) in [4.78, 5) is 2.51. The van der Waals surface area contributed by atoms with Crippen molar-refractivity contribution < 1.29 is 9.84 Å². The minimum atomic E-state index is 0. The Hall–Kier alpha value is -1.19. The second kappa shape index (κ2) is 4.17. The minimum Gasteiger partial charge on any atom is -0.504 e. The van der Waals surface area contributed by atoms with E-state index in [-0.39, 0.29) is 23.9 Å². The molecule has 1 aromatic carbocycles. The lowest BCUT2D eigenvalue weighted by Gasteiger charge is -2.55. The number of hydrogen-bond acceptors (Lipinski definition) is 3. The van der Waals surface area contributed by atoms with Crippen LogP contribution in [0.15, 0.2) is 24.3 Å². The lowest BCUT2D eigenvalue weighted by molar-refractivity contribution is 0.00197. The maximum atomic E-state index is 10.2. The number of aromatic hydroxyl groups is 1. The van der Waals surface area contributed by atoms with Crippen molar-refractivity contribution in [3.63, 3.8) is 0 Å². The lowest BCUT2D eigenvalue weighted by Crippen LogP contribution is -2.62. The highest BCUT2D eigenvalue weighted by Crippen LogP contribution is 2.62. The molecule has 5 rings (SSSR count). The van der Waals surface area contributed by atoms with Crippen LogP contribution in [0.2, 0.25) is 0 Å². The van der Waals surface area contributed by atoms with Crippen LogP contribution in [0.3, 0.4) is 0 Å². The number of ether oxygens (including phenoxy) is 1. The highest BCUT2D eigenvalue weighted by atomic mass is 35.5. The Kier molecular flexibility index (Phi) is 2.68. The van der Waals surface area contributed by atoms with Crippen molar-refractivity contribution in [2.45, 2.75) is 36.8 Å². The van der Waals surface area contributed by atoms with Crippen LogP contribution in [-0.4, -0.2) is 35.7 Å². The predicted molar refractivity (Wildman–Crippen MR) is 83.4 cm³/mol. The highest BCUT2D eigenvalue weighted by molar-refractivity contribution is 5.85. The number of nitrogens with zero attached hydrogens (tertiary/aromatic N) is 1. The number of likely N-dealkylation sites (N-methyl/N-ethyl adjacent to an activating group) is 1. The van der Waals surface area contributed by atoms with Crippen LogP contribution in [0.4, 0.5) is 0 Å². The first-order chi connectivity index (χ1) is 9.72. The fourth-order valence-corrected chi connectivity index (χ4v) is 5.21. The van der Waals surface area contributed by atoms with Gasteiger partial charge in [0.1, 0.15) is 6.10 Å². The molecule has 0 aromatic heterocycles. The van der Waals surface area contributed by atoms with Gasteiger partial charge in [-0.1, -0.05) is 18.2 Å². The monoisotopic (exact) mass is 305 g/mol. The van der Waals surface area contributed by atoms with E-state index in [1.165, 1.54) is 11.1 Å². The van der Waals surface area contributed by atoms with Crippen molar-refractivity contribution in [1.29, 1.82) is 0 Å². The van der Waals surface area contributed by atoms with Gasteiger partial charge in [-0.05, 0) is 38.1 Å². The third-order valence-corrected chi connectivity index (χ3v) is 6.10. The zero-order valence-electron chi connectivity index (χ0n) is 12.1. The van der Waals surface area contributed by atoms with Gasteiger partial charge in [0, 0.05) is 29.4 Å². The smallest absolute Gasteiger partial charge is 0.165 e. The summed E-state index contributed by atoms with van der Waals surface area (Å²) in [6, 6.07) is 4.50. The highest BCUT2D eigenvalue weighted by Gasteiger charge is 2.61. The molecule has 0 radical (unpaired) electrons. The molecule has 1 spiro atoms. The van der Waals surface area contributed by atoms with Gasteiger partial charge in [0.2, 0.25) is 0 Å². The normalized spacial score (nSPS) is 38.4. The van der Waals surface area contributed by atoms with Crippen molar-refractivity contribution >= 4 is 12.4 Å². The molecule has 3 nitrogen and oxygen atoms in total. The average molecular weight is 306 g/mol. The van der Waals surface area contributed by atoms with Gasteiger partial charge in [0.15, 0.2) is 11.5 Å². The molecule has 21 heavy (non-hydrogen) atoms. The Morgan fingerprint density at radius 2 is 2.24 bits per heavy atom. The molecule has 112 valence electrons. The van der Waals surface area contributed by atoms with Crippen LogP contribution < -0.4 is 4.74 Å². The summed E-state index contributed by atoms with van der Waals surface area (Å²) in [5.74, 6) is 1.64. The van der Waals surface area contributed by atoms with Gasteiger partial charge in [-0.15, -0.1) is 12.4 Å². The first-order valence-electron chi connectivity index (χ1n) is 7.60. The Bertz CT molecular complexity index is 644. The number of phenolic OH excluding ortho intramolecular Hbond substituents is 1. The van der Waals surface area contributed by atoms with Crippen LogP contribution in [-0.2, 0) is 11.8 Å². The number of benzene rings is 1. The number of phenols is 1. The van der Waals surface area contributed by atoms with Crippen molar-refractivity contribution in [2.24, 2.45) is 5.92 Å². The van der Waals surface area contributed by atoms with E-state index in [2.05, 4.69) is 30.2 Å². The van der Waals surface area contributed by atoms with E-state index in [0.29, 0.717) is 17.7 Å². The molecule has 2 aliphatic heterocycles. The minimum absolute atomic E-state index is 0. The molecule has 1 N–H and O–H groups in total. The first-order valence-corrected chi connectivity index (χ1v) is 7.60. The van der Waals surface area contributed by atoms with E-state index < -0.39 is 0 Å². The van der Waals surface area contributed by atoms with Crippen LogP contribution in [0.25, 0.3) is 0 Å². The lowest BCUT2D eigenvalue weighted by atomic mass is 9.54. The molecular formula is C17H20ClNO2. The van der Waals surface area contributed by atoms with Crippen LogP contribution in [0, 0.1) is 5.92 Å². The topological polar surface area (TPSA) is 32.7 Å². The van der Waals surface area contributed by atoms with Crippen molar-refractivity contribution in [3.05, 3.63) is 35.4 Å². The van der Waals surface area contributed by atoms with Gasteiger partial charge in [-0.25, -0.2) is 0 Å². The molecule has 4 heteroatoms.